The highest BCUT2D eigenvalue weighted by atomic mass is 16.5. The summed E-state index contributed by atoms with van der Waals surface area (Å²) in [6, 6.07) is 7.78. The fraction of sp³-hybridized carbons (Fsp3) is 0.0952. The number of hydrogen-bond acceptors (Lipinski definition) is 6. The fourth-order valence-electron chi connectivity index (χ4n) is 2.03. The first kappa shape index (κ1) is 12.6. The van der Waals surface area contributed by atoms with Crippen molar-refractivity contribution >= 4 is 17.9 Å². The molecule has 3 N–H and O–H groups in total. The summed E-state index contributed by atoms with van der Waals surface area (Å²) in [5, 5.41) is 29.3. The summed E-state index contributed by atoms with van der Waals surface area (Å²) in [7, 11) is -5.51. The van der Waals surface area contributed by atoms with Crippen LogP contribution in [-0.2, 0) is 4.79 Å². The molecule has 0 aliphatic rings. The molecule has 6 nitrogen and oxygen atoms in total. The molecule has 0 spiro atoms. The van der Waals surface area contributed by atoms with E-state index < -0.39 is 25.6 Å². The van der Waals surface area contributed by atoms with Crippen molar-refractivity contribution in [3.63, 3.8) is 0 Å². The third-order valence-electron chi connectivity index (χ3n) is 3.36. The molecule has 2 aromatic rings. The Morgan fingerprint density at radius 1 is 0.926 bits per heavy atom. The summed E-state index contributed by atoms with van der Waals surface area (Å²) in [5.74, 6) is -2.30. The number of carbonyl (C=O) groups is 1. The fourth-order valence-corrected chi connectivity index (χ4v) is 2.03. The highest BCUT2D eigenvalue weighted by molar-refractivity contribution is 6.02. The standard InChI is InChI=1S/C21H20O6/c1-26-20-11-14(5-9-18(20)24)3-7-16(22)13-17(23)8-4-15-6-10-19(25)21(12-15)27-2/h3-13,22,24-25H,1-2H3/b7-3+,8-4+,16-13?/i1D3,2D3. The Morgan fingerprint density at radius 2 is 1.44 bits per heavy atom. The lowest BCUT2D eigenvalue weighted by molar-refractivity contribution is -0.110. The predicted molar refractivity (Wildman–Crippen MR) is 103 cm³/mol. The van der Waals surface area contributed by atoms with Gasteiger partial charge in [0.15, 0.2) is 28.8 Å². The number of aliphatic hydroxyl groups is 1. The largest absolute Gasteiger partial charge is 0.508 e. The predicted octanol–water partition coefficient (Wildman–Crippen LogP) is 3.85. The monoisotopic (exact) mass is 374 g/mol. The maximum absolute atomic E-state index is 12.0. The van der Waals surface area contributed by atoms with E-state index in [-0.39, 0.29) is 23.0 Å². The van der Waals surface area contributed by atoms with E-state index in [9.17, 15) is 20.1 Å². The summed E-state index contributed by atoms with van der Waals surface area (Å²) >= 11 is 0. The van der Waals surface area contributed by atoms with Crippen LogP contribution >= 0.6 is 0 Å². The molecule has 0 fully saturated rings. The van der Waals surface area contributed by atoms with E-state index in [2.05, 4.69) is 9.47 Å². The average molecular weight is 374 g/mol. The van der Waals surface area contributed by atoms with Crippen molar-refractivity contribution < 1.29 is 37.8 Å². The molecule has 0 radical (unpaired) electrons. The van der Waals surface area contributed by atoms with Gasteiger partial charge in [-0.15, -0.1) is 0 Å². The van der Waals surface area contributed by atoms with Crippen LogP contribution in [0.1, 0.15) is 19.4 Å². The van der Waals surface area contributed by atoms with Crippen molar-refractivity contribution in [2.24, 2.45) is 0 Å². The van der Waals surface area contributed by atoms with Crippen LogP contribution in [0, 0.1) is 0 Å². The lowest BCUT2D eigenvalue weighted by Crippen LogP contribution is -1.89. The maximum atomic E-state index is 12.0. The Hall–Kier alpha value is -3.67. The van der Waals surface area contributed by atoms with E-state index in [1.165, 1.54) is 54.6 Å². The van der Waals surface area contributed by atoms with E-state index in [1.54, 1.807) is 0 Å². The normalized spacial score (nSPS) is 16.1. The Bertz CT molecular complexity index is 1100. The summed E-state index contributed by atoms with van der Waals surface area (Å²) in [5.41, 5.74) is 0.760. The van der Waals surface area contributed by atoms with Crippen LogP contribution < -0.4 is 9.47 Å². The van der Waals surface area contributed by atoms with E-state index in [0.717, 1.165) is 12.2 Å². The molecular weight excluding hydrogens is 348 g/mol. The number of rotatable bonds is 7. The molecule has 0 aromatic heterocycles. The average Bonchev–Trinajstić information content (AvgIpc) is 2.67. The molecule has 0 aliphatic heterocycles. The second-order valence-corrected chi connectivity index (χ2v) is 5.30. The highest BCUT2D eigenvalue weighted by Crippen LogP contribution is 2.27. The summed E-state index contributed by atoms with van der Waals surface area (Å²) in [6.45, 7) is 0. The van der Waals surface area contributed by atoms with E-state index in [4.69, 9.17) is 8.22 Å². The molecule has 2 aromatic carbocycles. The van der Waals surface area contributed by atoms with E-state index in [0.29, 0.717) is 11.1 Å². The first-order valence-electron chi connectivity index (χ1n) is 10.6. The number of allylic oxidation sites excluding steroid dienone is 3. The smallest absolute Gasteiger partial charge is 0.182 e. The minimum absolute atomic E-state index is 0.268. The molecule has 2 rings (SSSR count). The third-order valence-corrected chi connectivity index (χ3v) is 3.36. The Labute approximate surface area is 165 Å². The van der Waals surface area contributed by atoms with Crippen LogP contribution in [0.5, 0.6) is 23.0 Å². The first-order valence-corrected chi connectivity index (χ1v) is 7.57. The zero-order valence-corrected chi connectivity index (χ0v) is 13.9. The molecule has 140 valence electrons. The number of carbonyl (C=O) groups excluding carboxylic acids is 1. The number of ether oxygens (including phenoxy) is 2. The quantitative estimate of drug-likeness (QED) is 0.387. The molecule has 0 atom stereocenters. The number of aromatic hydroxyl groups is 2. The minimum atomic E-state index is -2.76. The Balaban J connectivity index is 2.09. The van der Waals surface area contributed by atoms with Crippen LogP contribution in [0.3, 0.4) is 0 Å². The van der Waals surface area contributed by atoms with Crippen molar-refractivity contribution in [3.8, 4) is 23.0 Å². The molecular formula is C21H20O6. The van der Waals surface area contributed by atoms with Gasteiger partial charge in [0, 0.05) is 6.08 Å². The molecule has 0 saturated heterocycles. The molecule has 0 heterocycles. The van der Waals surface area contributed by atoms with Gasteiger partial charge in [-0.1, -0.05) is 24.3 Å². The van der Waals surface area contributed by atoms with Gasteiger partial charge in [0.25, 0.3) is 0 Å². The molecule has 0 bridgehead atoms. The number of phenols is 2. The van der Waals surface area contributed by atoms with Gasteiger partial charge in [-0.25, -0.2) is 0 Å². The first-order chi connectivity index (χ1) is 15.2. The second-order valence-electron chi connectivity index (χ2n) is 5.30. The maximum Gasteiger partial charge on any atom is 0.182 e. The number of hydrogen-bond donors (Lipinski definition) is 3. The Kier molecular flexibility index (Phi) is 4.28. The number of methoxy groups -OCH3 is 2. The zero-order chi connectivity index (χ0) is 24.8. The van der Waals surface area contributed by atoms with Gasteiger partial charge < -0.3 is 24.8 Å². The summed E-state index contributed by atoms with van der Waals surface area (Å²) in [6.07, 6.45) is 5.90. The van der Waals surface area contributed by atoms with E-state index in [1.807, 2.05) is 0 Å². The molecule has 6 heteroatoms. The molecule has 0 amide bonds. The van der Waals surface area contributed by atoms with Crippen molar-refractivity contribution in [1.82, 2.24) is 0 Å². The minimum Gasteiger partial charge on any atom is -0.508 e. The van der Waals surface area contributed by atoms with Crippen LogP contribution in [0.15, 0.2) is 60.4 Å². The van der Waals surface area contributed by atoms with Crippen LogP contribution in [0.4, 0.5) is 0 Å². The second kappa shape index (κ2) is 9.15. The van der Waals surface area contributed by atoms with Gasteiger partial charge in [0.1, 0.15) is 5.76 Å². The van der Waals surface area contributed by atoms with Crippen molar-refractivity contribution in [3.05, 3.63) is 71.5 Å². The number of benzene rings is 2. The number of aliphatic hydroxyl groups excluding tert-OH is 1. The van der Waals surface area contributed by atoms with Crippen LogP contribution in [0.25, 0.3) is 12.2 Å². The number of phenolic OH excluding ortho intramolecular Hbond substituents is 2. The van der Waals surface area contributed by atoms with Gasteiger partial charge in [-0.3, -0.25) is 4.79 Å². The van der Waals surface area contributed by atoms with Crippen molar-refractivity contribution in [2.75, 3.05) is 14.1 Å². The van der Waals surface area contributed by atoms with Gasteiger partial charge >= 0.3 is 0 Å². The van der Waals surface area contributed by atoms with E-state index >= 15 is 0 Å². The van der Waals surface area contributed by atoms with Gasteiger partial charge in [-0.05, 0) is 47.5 Å². The van der Waals surface area contributed by atoms with Gasteiger partial charge in [0.05, 0.1) is 22.3 Å². The molecule has 0 aliphatic carbocycles. The SMILES string of the molecule is [2H]C([2H])([2H])Oc1cc(/C=C/C(=O)C=C(O)/C=C/c2ccc(O)c(OC([2H])([2H])[2H])c2)ccc1O. The third kappa shape index (κ3) is 5.67. The van der Waals surface area contributed by atoms with Crippen molar-refractivity contribution in [2.45, 2.75) is 0 Å². The molecule has 27 heavy (non-hydrogen) atoms. The lowest BCUT2D eigenvalue weighted by atomic mass is 10.1. The molecule has 0 saturated carbocycles. The lowest BCUT2D eigenvalue weighted by Gasteiger charge is -2.03. The zero-order valence-electron chi connectivity index (χ0n) is 19.9. The Morgan fingerprint density at radius 3 is 1.96 bits per heavy atom. The number of ketones is 1. The van der Waals surface area contributed by atoms with Gasteiger partial charge in [0.2, 0.25) is 0 Å². The highest BCUT2D eigenvalue weighted by Gasteiger charge is 2.02. The van der Waals surface area contributed by atoms with Crippen LogP contribution in [0.2, 0.25) is 0 Å². The summed E-state index contributed by atoms with van der Waals surface area (Å²) < 4.78 is 51.9. The topological polar surface area (TPSA) is 96.2 Å². The van der Waals surface area contributed by atoms with Crippen molar-refractivity contribution in [1.29, 1.82) is 0 Å². The van der Waals surface area contributed by atoms with Gasteiger partial charge in [-0.2, -0.15) is 0 Å². The molecule has 0 unspecified atom stereocenters. The van der Waals surface area contributed by atoms with Crippen LogP contribution in [-0.4, -0.2) is 35.2 Å². The summed E-state index contributed by atoms with van der Waals surface area (Å²) in [4.78, 5) is 12.0.